The number of hydrogen-bond donors (Lipinski definition) is 0. The predicted octanol–water partition coefficient (Wildman–Crippen LogP) is 5.03. The molecule has 1 aliphatic carbocycles. The Balaban J connectivity index is 1.64. The van der Waals surface area contributed by atoms with E-state index in [4.69, 9.17) is 16.6 Å². The van der Waals surface area contributed by atoms with E-state index in [1.165, 1.54) is 32.9 Å². The van der Waals surface area contributed by atoms with Crippen LogP contribution in [0.2, 0.25) is 5.02 Å². The van der Waals surface area contributed by atoms with Crippen LogP contribution in [0.5, 0.6) is 0 Å². The summed E-state index contributed by atoms with van der Waals surface area (Å²) in [5, 5.41) is 2.71. The van der Waals surface area contributed by atoms with Crippen molar-refractivity contribution in [1.29, 1.82) is 0 Å². The molecule has 0 radical (unpaired) electrons. The quantitative estimate of drug-likeness (QED) is 0.413. The van der Waals surface area contributed by atoms with E-state index < -0.39 is 0 Å². The first-order chi connectivity index (χ1) is 15.2. The van der Waals surface area contributed by atoms with Crippen LogP contribution >= 0.6 is 34.3 Å². The first-order valence-corrected chi connectivity index (χ1v) is 12.2. The van der Waals surface area contributed by atoms with Crippen LogP contribution in [0.15, 0.2) is 81.4 Å². The summed E-state index contributed by atoms with van der Waals surface area (Å²) < 4.78 is 2.54. The zero-order chi connectivity index (χ0) is 20.9. The molecule has 31 heavy (non-hydrogen) atoms. The van der Waals surface area contributed by atoms with E-state index in [2.05, 4.69) is 41.8 Å². The summed E-state index contributed by atoms with van der Waals surface area (Å²) >= 11 is 9.48. The Morgan fingerprint density at radius 2 is 1.87 bits per heavy atom. The number of fused-ring (bicyclic) bond motifs is 3. The van der Waals surface area contributed by atoms with Gasteiger partial charge in [-0.15, -0.1) is 11.3 Å². The van der Waals surface area contributed by atoms with E-state index >= 15 is 0 Å². The van der Waals surface area contributed by atoms with Gasteiger partial charge in [0.05, 0.1) is 16.3 Å². The van der Waals surface area contributed by atoms with E-state index in [0.29, 0.717) is 9.55 Å². The van der Waals surface area contributed by atoms with Crippen LogP contribution in [0.4, 0.5) is 0 Å². The van der Waals surface area contributed by atoms with Crippen molar-refractivity contribution in [2.24, 2.45) is 4.99 Å². The summed E-state index contributed by atoms with van der Waals surface area (Å²) in [7, 11) is 0. The van der Waals surface area contributed by atoms with Gasteiger partial charge in [0, 0.05) is 15.5 Å². The topological polar surface area (TPSA) is 34.4 Å². The van der Waals surface area contributed by atoms with E-state index in [1.807, 2.05) is 34.9 Å². The molecule has 0 saturated heterocycles. The zero-order valence-corrected chi connectivity index (χ0v) is 18.8. The zero-order valence-electron chi connectivity index (χ0n) is 16.4. The second kappa shape index (κ2) is 7.45. The molecule has 152 valence electrons. The molecule has 1 atom stereocenters. The van der Waals surface area contributed by atoms with Crippen LogP contribution in [0.1, 0.15) is 34.0 Å². The normalized spacial score (nSPS) is 17.7. The minimum absolute atomic E-state index is 0.00696. The molecular weight excluding hydrogens is 444 g/mol. The van der Waals surface area contributed by atoms with Crippen LogP contribution in [-0.4, -0.2) is 4.57 Å². The molecule has 2 aromatic heterocycles. The maximum Gasteiger partial charge on any atom is 0.271 e. The smallest absolute Gasteiger partial charge is 0.271 e. The molecule has 0 saturated carbocycles. The highest BCUT2D eigenvalue weighted by atomic mass is 35.5. The Labute approximate surface area is 191 Å². The number of aromatic nitrogens is 1. The Bertz CT molecular complexity index is 1530. The van der Waals surface area contributed by atoms with E-state index in [1.54, 1.807) is 11.3 Å². The Kier molecular flexibility index (Phi) is 4.56. The lowest BCUT2D eigenvalue weighted by molar-refractivity contribution is 0.593. The van der Waals surface area contributed by atoms with Crippen LogP contribution in [-0.2, 0) is 6.42 Å². The molecule has 0 amide bonds. The Hall–Kier alpha value is -2.73. The second-order valence-electron chi connectivity index (χ2n) is 7.65. The number of thiazole rings is 1. The predicted molar refractivity (Wildman–Crippen MR) is 129 cm³/mol. The molecule has 2 aliphatic rings. The minimum Gasteiger partial charge on any atom is -0.271 e. The molecule has 2 aromatic carbocycles. The van der Waals surface area contributed by atoms with Crippen LogP contribution in [0, 0.1) is 0 Å². The van der Waals surface area contributed by atoms with E-state index in [0.717, 1.165) is 28.9 Å². The summed E-state index contributed by atoms with van der Waals surface area (Å²) in [6, 6.07) is 20.1. The van der Waals surface area contributed by atoms with Crippen molar-refractivity contribution >= 4 is 46.0 Å². The van der Waals surface area contributed by atoms with Gasteiger partial charge < -0.3 is 0 Å². The van der Waals surface area contributed by atoms with Crippen molar-refractivity contribution in [1.82, 2.24) is 4.57 Å². The van der Waals surface area contributed by atoms with Gasteiger partial charge in [-0.1, -0.05) is 71.5 Å². The van der Waals surface area contributed by atoms with Gasteiger partial charge >= 0.3 is 0 Å². The van der Waals surface area contributed by atoms with Gasteiger partial charge in [-0.25, -0.2) is 4.99 Å². The van der Waals surface area contributed by atoms with Gasteiger partial charge in [-0.3, -0.25) is 9.36 Å². The van der Waals surface area contributed by atoms with E-state index in [-0.39, 0.29) is 11.6 Å². The number of allylic oxidation sites excluding steroid dienone is 1. The fraction of sp³-hybridized carbons (Fsp3) is 0.120. The highest BCUT2D eigenvalue weighted by molar-refractivity contribution is 7.10. The average molecular weight is 461 g/mol. The summed E-state index contributed by atoms with van der Waals surface area (Å²) in [5.41, 5.74) is 5.62. The lowest BCUT2D eigenvalue weighted by atomic mass is 9.85. The van der Waals surface area contributed by atoms with Gasteiger partial charge in [0.1, 0.15) is 0 Å². The largest absolute Gasteiger partial charge is 0.271 e. The molecular formula is C25H17ClN2OS2. The molecule has 3 nitrogen and oxygen atoms in total. The molecule has 0 spiro atoms. The Morgan fingerprint density at radius 3 is 2.71 bits per heavy atom. The third-order valence-corrected chi connectivity index (χ3v) is 8.13. The Morgan fingerprint density at radius 1 is 1.03 bits per heavy atom. The van der Waals surface area contributed by atoms with Gasteiger partial charge in [-0.2, -0.15) is 0 Å². The molecule has 6 rings (SSSR count). The monoisotopic (exact) mass is 460 g/mol. The summed E-state index contributed by atoms with van der Waals surface area (Å²) in [4.78, 5) is 20.5. The van der Waals surface area contributed by atoms with Crippen molar-refractivity contribution in [3.8, 4) is 0 Å². The molecule has 0 N–H and O–H groups in total. The molecule has 3 heterocycles. The molecule has 1 unspecified atom stereocenters. The molecule has 4 aromatic rings. The van der Waals surface area contributed by atoms with Crippen molar-refractivity contribution in [3.63, 3.8) is 0 Å². The number of halogens is 1. The number of thiophene rings is 1. The first-order valence-electron chi connectivity index (χ1n) is 10.1. The third-order valence-electron chi connectivity index (χ3n) is 5.88. The summed E-state index contributed by atoms with van der Waals surface area (Å²) in [5.74, 6) is 0. The molecule has 0 fully saturated rings. The van der Waals surface area contributed by atoms with Gasteiger partial charge in [0.2, 0.25) is 0 Å². The summed E-state index contributed by atoms with van der Waals surface area (Å²) in [6.07, 6.45) is 3.76. The lowest BCUT2D eigenvalue weighted by Crippen LogP contribution is -2.38. The second-order valence-corrected chi connectivity index (χ2v) is 10.0. The maximum absolute atomic E-state index is 13.6. The summed E-state index contributed by atoms with van der Waals surface area (Å²) in [6.45, 7) is 0. The van der Waals surface area contributed by atoms with Crippen LogP contribution in [0.3, 0.4) is 0 Å². The highest BCUT2D eigenvalue weighted by Crippen LogP contribution is 2.42. The van der Waals surface area contributed by atoms with E-state index in [9.17, 15) is 4.79 Å². The first kappa shape index (κ1) is 19.0. The molecule has 6 heteroatoms. The average Bonchev–Trinajstić information content (AvgIpc) is 3.43. The number of benzene rings is 2. The van der Waals surface area contributed by atoms with Crippen molar-refractivity contribution in [2.75, 3.05) is 0 Å². The van der Waals surface area contributed by atoms with Crippen molar-refractivity contribution in [3.05, 3.63) is 118 Å². The lowest BCUT2D eigenvalue weighted by Gasteiger charge is -2.30. The maximum atomic E-state index is 13.6. The van der Waals surface area contributed by atoms with Gasteiger partial charge in [-0.05, 0) is 53.1 Å². The van der Waals surface area contributed by atoms with Crippen LogP contribution in [0.25, 0.3) is 11.8 Å². The SMILES string of the molecule is O=c1c(=Cc2ccccc2Cl)sc2n1C(c1cccs1)C1=C(N=2)c2ccccc2CC1. The number of aryl methyl sites for hydroxylation is 1. The fourth-order valence-electron chi connectivity index (χ4n) is 4.45. The fourth-order valence-corrected chi connectivity index (χ4v) is 6.48. The van der Waals surface area contributed by atoms with Gasteiger partial charge in [0.15, 0.2) is 4.80 Å². The van der Waals surface area contributed by atoms with Crippen LogP contribution < -0.4 is 14.9 Å². The van der Waals surface area contributed by atoms with Gasteiger partial charge in [0.25, 0.3) is 5.56 Å². The number of rotatable bonds is 2. The standard InChI is InChI=1S/C25H17ClN2OS2/c26-19-9-4-2-7-16(19)14-21-24(29)28-23(20-10-5-13-30-20)18-12-11-15-6-1-3-8-17(15)22(18)27-25(28)31-21/h1-10,13-14,23H,11-12H2. The molecule has 0 bridgehead atoms. The third kappa shape index (κ3) is 3.07. The number of hydrogen-bond acceptors (Lipinski definition) is 4. The molecule has 1 aliphatic heterocycles. The van der Waals surface area contributed by atoms with Crippen molar-refractivity contribution < 1.29 is 0 Å². The number of nitrogens with zero attached hydrogens (tertiary/aromatic N) is 2. The minimum atomic E-state index is -0.104. The van der Waals surface area contributed by atoms with Crippen molar-refractivity contribution in [2.45, 2.75) is 18.9 Å². The highest BCUT2D eigenvalue weighted by Gasteiger charge is 2.32.